The molecule has 9 aromatic rings. The molecule has 0 aliphatic heterocycles. The SMILES string of the molecule is NC(=N/C(=C\Cc1ccc(-c2cccc3ccccc23)cc1)c1ccc(-c2ccc(-c3cccc4oc5ccccc5c34)cc2)cc1)c1ccccc1. The Morgan fingerprint density at radius 3 is 1.83 bits per heavy atom. The van der Waals surface area contributed by atoms with E-state index in [0.29, 0.717) is 5.84 Å². The Morgan fingerprint density at radius 1 is 0.472 bits per heavy atom. The second kappa shape index (κ2) is 14.0. The normalized spacial score (nSPS) is 12.2. The summed E-state index contributed by atoms with van der Waals surface area (Å²) in [5.41, 5.74) is 19.4. The highest BCUT2D eigenvalue weighted by atomic mass is 16.3. The monoisotopic (exact) mass is 680 g/mol. The third-order valence-electron chi connectivity index (χ3n) is 10.0. The number of para-hydroxylation sites is 1. The molecule has 0 unspecified atom stereocenters. The highest BCUT2D eigenvalue weighted by Crippen LogP contribution is 2.37. The first-order chi connectivity index (χ1) is 26.2. The lowest BCUT2D eigenvalue weighted by molar-refractivity contribution is 0.669. The van der Waals surface area contributed by atoms with Crippen molar-refractivity contribution in [3.63, 3.8) is 0 Å². The summed E-state index contributed by atoms with van der Waals surface area (Å²) in [5.74, 6) is 0.489. The molecule has 0 saturated heterocycles. The van der Waals surface area contributed by atoms with E-state index in [1.54, 1.807) is 0 Å². The molecule has 3 nitrogen and oxygen atoms in total. The Hall–Kier alpha value is -6.97. The molecule has 8 aromatic carbocycles. The van der Waals surface area contributed by atoms with Crippen molar-refractivity contribution in [2.75, 3.05) is 0 Å². The van der Waals surface area contributed by atoms with Gasteiger partial charge in [-0.3, -0.25) is 0 Å². The van der Waals surface area contributed by atoms with Crippen LogP contribution in [-0.2, 0) is 6.42 Å². The molecule has 0 atom stereocenters. The zero-order valence-electron chi connectivity index (χ0n) is 29.1. The van der Waals surface area contributed by atoms with Gasteiger partial charge in [0.05, 0.1) is 5.70 Å². The van der Waals surface area contributed by atoms with Gasteiger partial charge in [-0.25, -0.2) is 4.99 Å². The van der Waals surface area contributed by atoms with Crippen molar-refractivity contribution in [2.45, 2.75) is 6.42 Å². The quantitative estimate of drug-likeness (QED) is 0.128. The Morgan fingerprint density at radius 2 is 1.04 bits per heavy atom. The van der Waals surface area contributed by atoms with E-state index in [1.165, 1.54) is 33.0 Å². The molecule has 9 rings (SSSR count). The summed E-state index contributed by atoms with van der Waals surface area (Å²) in [5, 5.41) is 4.79. The molecule has 0 aliphatic rings. The van der Waals surface area contributed by atoms with Crippen molar-refractivity contribution in [1.82, 2.24) is 0 Å². The van der Waals surface area contributed by atoms with Crippen molar-refractivity contribution >= 4 is 44.2 Å². The summed E-state index contributed by atoms with van der Waals surface area (Å²) < 4.78 is 6.14. The molecule has 0 saturated carbocycles. The molecule has 0 radical (unpaired) electrons. The van der Waals surface area contributed by atoms with Gasteiger partial charge in [-0.15, -0.1) is 0 Å². The van der Waals surface area contributed by atoms with E-state index in [9.17, 15) is 0 Å². The van der Waals surface area contributed by atoms with Gasteiger partial charge >= 0.3 is 0 Å². The number of amidine groups is 1. The molecule has 0 spiro atoms. The van der Waals surface area contributed by atoms with Gasteiger partial charge in [-0.1, -0.05) is 182 Å². The molecular weight excluding hydrogens is 645 g/mol. The van der Waals surface area contributed by atoms with Crippen LogP contribution in [0.25, 0.3) is 71.8 Å². The van der Waals surface area contributed by atoms with Crippen LogP contribution in [0.1, 0.15) is 16.7 Å². The largest absolute Gasteiger partial charge is 0.456 e. The molecule has 1 aromatic heterocycles. The van der Waals surface area contributed by atoms with Gasteiger partial charge in [0, 0.05) is 16.3 Å². The number of hydrogen-bond donors (Lipinski definition) is 1. The van der Waals surface area contributed by atoms with Crippen molar-refractivity contribution < 1.29 is 4.42 Å². The maximum Gasteiger partial charge on any atom is 0.136 e. The van der Waals surface area contributed by atoms with Crippen LogP contribution in [0.2, 0.25) is 0 Å². The van der Waals surface area contributed by atoms with Crippen LogP contribution in [0.3, 0.4) is 0 Å². The number of furan rings is 1. The summed E-state index contributed by atoms with van der Waals surface area (Å²) in [6, 6.07) is 65.7. The van der Waals surface area contributed by atoms with Gasteiger partial charge in [-0.2, -0.15) is 0 Å². The minimum Gasteiger partial charge on any atom is -0.456 e. The van der Waals surface area contributed by atoms with Gasteiger partial charge in [-0.05, 0) is 73.8 Å². The predicted octanol–water partition coefficient (Wildman–Crippen LogP) is 12.7. The lowest BCUT2D eigenvalue weighted by atomic mass is 9.96. The first-order valence-corrected chi connectivity index (χ1v) is 18.0. The van der Waals surface area contributed by atoms with Crippen LogP contribution in [-0.4, -0.2) is 5.84 Å². The fourth-order valence-corrected chi connectivity index (χ4v) is 7.23. The molecule has 3 heteroatoms. The highest BCUT2D eigenvalue weighted by molar-refractivity contribution is 6.12. The van der Waals surface area contributed by atoms with Gasteiger partial charge in [0.1, 0.15) is 17.0 Å². The lowest BCUT2D eigenvalue weighted by Crippen LogP contribution is -2.13. The third-order valence-corrected chi connectivity index (χ3v) is 10.0. The van der Waals surface area contributed by atoms with Crippen LogP contribution in [0, 0.1) is 0 Å². The van der Waals surface area contributed by atoms with E-state index in [-0.39, 0.29) is 0 Å². The first kappa shape index (κ1) is 32.0. The van der Waals surface area contributed by atoms with Crippen molar-refractivity contribution in [3.8, 4) is 33.4 Å². The zero-order valence-corrected chi connectivity index (χ0v) is 29.1. The smallest absolute Gasteiger partial charge is 0.136 e. The molecule has 0 bridgehead atoms. The van der Waals surface area contributed by atoms with E-state index in [4.69, 9.17) is 15.1 Å². The Bertz CT molecular complexity index is 2770. The van der Waals surface area contributed by atoms with Crippen molar-refractivity contribution in [2.24, 2.45) is 10.7 Å². The molecule has 53 heavy (non-hydrogen) atoms. The number of fused-ring (bicyclic) bond motifs is 4. The van der Waals surface area contributed by atoms with Crippen LogP contribution >= 0.6 is 0 Å². The average Bonchev–Trinajstić information content (AvgIpc) is 3.62. The molecular formula is C50H36N2O. The summed E-state index contributed by atoms with van der Waals surface area (Å²) in [6.45, 7) is 0. The zero-order chi connectivity index (χ0) is 35.6. The van der Waals surface area contributed by atoms with E-state index < -0.39 is 0 Å². The predicted molar refractivity (Wildman–Crippen MR) is 223 cm³/mol. The minimum absolute atomic E-state index is 0.489. The number of nitrogens with zero attached hydrogens (tertiary/aromatic N) is 1. The van der Waals surface area contributed by atoms with Crippen LogP contribution in [0.5, 0.6) is 0 Å². The fourth-order valence-electron chi connectivity index (χ4n) is 7.23. The third kappa shape index (κ3) is 6.41. The molecule has 2 N–H and O–H groups in total. The maximum absolute atomic E-state index is 6.58. The van der Waals surface area contributed by atoms with Gasteiger partial charge < -0.3 is 10.2 Å². The van der Waals surface area contributed by atoms with E-state index in [1.807, 2.05) is 48.5 Å². The summed E-state index contributed by atoms with van der Waals surface area (Å²) in [7, 11) is 0. The first-order valence-electron chi connectivity index (χ1n) is 18.0. The van der Waals surface area contributed by atoms with E-state index >= 15 is 0 Å². The number of rotatable bonds is 8. The summed E-state index contributed by atoms with van der Waals surface area (Å²) in [6.07, 6.45) is 2.89. The molecule has 0 fully saturated rings. The maximum atomic E-state index is 6.58. The Labute approximate surface area is 309 Å². The van der Waals surface area contributed by atoms with Crippen molar-refractivity contribution in [3.05, 3.63) is 211 Å². The minimum atomic E-state index is 0.489. The molecule has 0 aliphatic carbocycles. The van der Waals surface area contributed by atoms with Crippen molar-refractivity contribution in [1.29, 1.82) is 0 Å². The molecule has 0 amide bonds. The second-order valence-electron chi connectivity index (χ2n) is 13.3. The molecule has 252 valence electrons. The molecule has 1 heterocycles. The number of aliphatic imine (C=N–C) groups is 1. The van der Waals surface area contributed by atoms with E-state index in [0.717, 1.165) is 61.9 Å². The van der Waals surface area contributed by atoms with Crippen LogP contribution in [0.15, 0.2) is 204 Å². The topological polar surface area (TPSA) is 51.5 Å². The fraction of sp³-hybridized carbons (Fsp3) is 0.0200. The van der Waals surface area contributed by atoms with Gasteiger partial charge in [0.2, 0.25) is 0 Å². The highest BCUT2D eigenvalue weighted by Gasteiger charge is 2.13. The van der Waals surface area contributed by atoms with Crippen LogP contribution in [0.4, 0.5) is 0 Å². The lowest BCUT2D eigenvalue weighted by Gasteiger charge is -2.10. The average molecular weight is 681 g/mol. The Kier molecular flexibility index (Phi) is 8.43. The summed E-state index contributed by atoms with van der Waals surface area (Å²) >= 11 is 0. The van der Waals surface area contributed by atoms with Gasteiger partial charge in [0.15, 0.2) is 0 Å². The standard InChI is InChI=1S/C50H36N2O/c51-50(41-11-2-1-3-12-41)52-46(33-22-34-20-23-38(24-21-34)43-16-8-13-37-10-4-5-14-42(37)43)40-31-27-36(28-32-40)35-25-29-39(30-26-35)44-17-9-19-48-49(44)45-15-6-7-18-47(45)53-48/h1-21,23-33H,22H2,(H2,51,52)/b46-33-. The number of allylic oxidation sites excluding steroid dienone is 1. The number of nitrogens with two attached hydrogens (primary N) is 1. The summed E-state index contributed by atoms with van der Waals surface area (Å²) in [4.78, 5) is 4.97. The van der Waals surface area contributed by atoms with Crippen LogP contribution < -0.4 is 5.73 Å². The number of hydrogen-bond acceptors (Lipinski definition) is 2. The second-order valence-corrected chi connectivity index (χ2v) is 13.3. The number of benzene rings is 8. The van der Waals surface area contributed by atoms with Gasteiger partial charge in [0.25, 0.3) is 0 Å². The van der Waals surface area contributed by atoms with E-state index in [2.05, 4.69) is 146 Å². The Balaban J connectivity index is 0.998.